The second-order valence-corrected chi connectivity index (χ2v) is 11.0. The Morgan fingerprint density at radius 1 is 0.800 bits per heavy atom. The maximum atomic E-state index is 12.8. The molecule has 0 saturated carbocycles. The Morgan fingerprint density at radius 3 is 2.03 bits per heavy atom. The summed E-state index contributed by atoms with van der Waals surface area (Å²) in [6, 6.07) is 12.7. The van der Waals surface area contributed by atoms with Gasteiger partial charge in [-0.05, 0) is 42.5 Å². The van der Waals surface area contributed by atoms with E-state index in [4.69, 9.17) is 9.47 Å². The van der Waals surface area contributed by atoms with Crippen LogP contribution in [0, 0.1) is 0 Å². The summed E-state index contributed by atoms with van der Waals surface area (Å²) in [5.74, 6) is 1.05. The molecule has 0 bridgehead atoms. The molecule has 3 rings (SSSR count). The fourth-order valence-corrected chi connectivity index (χ4v) is 5.99. The Balaban J connectivity index is 1.57. The number of nitrogens with zero attached hydrogens (tertiary/aromatic N) is 2. The van der Waals surface area contributed by atoms with E-state index < -0.39 is 19.9 Å². The van der Waals surface area contributed by atoms with Gasteiger partial charge in [-0.25, -0.2) is 16.8 Å². The quantitative estimate of drug-likeness (QED) is 0.596. The van der Waals surface area contributed by atoms with E-state index in [1.165, 1.54) is 36.7 Å². The van der Waals surface area contributed by atoms with Gasteiger partial charge in [-0.2, -0.15) is 4.31 Å². The molecular formula is C20H26N2O6S2. The molecule has 2 aromatic carbocycles. The summed E-state index contributed by atoms with van der Waals surface area (Å²) < 4.78 is 62.4. The van der Waals surface area contributed by atoms with E-state index in [0.29, 0.717) is 44.2 Å². The van der Waals surface area contributed by atoms with Crippen molar-refractivity contribution in [3.05, 3.63) is 48.5 Å². The number of benzene rings is 2. The van der Waals surface area contributed by atoms with Gasteiger partial charge in [-0.1, -0.05) is 6.07 Å². The number of ether oxygens (including phenoxy) is 2. The molecule has 0 aromatic heterocycles. The van der Waals surface area contributed by atoms with Gasteiger partial charge in [0, 0.05) is 32.7 Å². The maximum Gasteiger partial charge on any atom is 0.243 e. The van der Waals surface area contributed by atoms with Gasteiger partial charge < -0.3 is 9.47 Å². The second-order valence-electron chi connectivity index (χ2n) is 6.92. The Kier molecular flexibility index (Phi) is 7.02. The SMILES string of the molecule is COc1ccc(S(=O)(=O)N2CCN(CCS(=O)(=O)c3cccc(OC)c3)CC2)cc1. The van der Waals surface area contributed by atoms with E-state index in [1.807, 2.05) is 4.90 Å². The van der Waals surface area contributed by atoms with Gasteiger partial charge in [0.15, 0.2) is 9.84 Å². The van der Waals surface area contributed by atoms with Gasteiger partial charge in [0.1, 0.15) is 11.5 Å². The monoisotopic (exact) mass is 454 g/mol. The van der Waals surface area contributed by atoms with Crippen LogP contribution in [-0.4, -0.2) is 78.7 Å². The highest BCUT2D eigenvalue weighted by atomic mass is 32.2. The van der Waals surface area contributed by atoms with Crippen LogP contribution in [0.15, 0.2) is 58.3 Å². The summed E-state index contributed by atoms with van der Waals surface area (Å²) in [6.45, 7) is 1.92. The van der Waals surface area contributed by atoms with Gasteiger partial charge in [0.2, 0.25) is 10.0 Å². The Bertz CT molecular complexity index is 1060. The van der Waals surface area contributed by atoms with Crippen LogP contribution >= 0.6 is 0 Å². The van der Waals surface area contributed by atoms with E-state index in [1.54, 1.807) is 30.3 Å². The molecule has 30 heavy (non-hydrogen) atoms. The fraction of sp³-hybridized carbons (Fsp3) is 0.400. The molecular weight excluding hydrogens is 428 g/mol. The standard InChI is InChI=1S/C20H26N2O6S2/c1-27-17-6-8-19(9-7-17)30(25,26)22-12-10-21(11-13-22)14-15-29(23,24)20-5-3-4-18(16-20)28-2/h3-9,16H,10-15H2,1-2H3. The number of piperazine rings is 1. The van der Waals surface area contributed by atoms with Crippen molar-refractivity contribution in [1.82, 2.24) is 9.21 Å². The van der Waals surface area contributed by atoms with Gasteiger partial charge in [-0.3, -0.25) is 4.90 Å². The van der Waals surface area contributed by atoms with Crippen LogP contribution < -0.4 is 9.47 Å². The van der Waals surface area contributed by atoms with Crippen molar-refractivity contribution in [3.63, 3.8) is 0 Å². The summed E-state index contributed by atoms with van der Waals surface area (Å²) >= 11 is 0. The molecule has 2 aromatic rings. The molecule has 1 fully saturated rings. The first-order valence-electron chi connectivity index (χ1n) is 9.49. The summed E-state index contributed by atoms with van der Waals surface area (Å²) in [4.78, 5) is 2.41. The average molecular weight is 455 g/mol. The van der Waals surface area contributed by atoms with E-state index in [-0.39, 0.29) is 15.5 Å². The Hall–Kier alpha value is -2.14. The van der Waals surface area contributed by atoms with E-state index >= 15 is 0 Å². The maximum absolute atomic E-state index is 12.8. The van der Waals surface area contributed by atoms with Crippen molar-refractivity contribution in [3.8, 4) is 11.5 Å². The molecule has 0 unspecified atom stereocenters. The summed E-state index contributed by atoms with van der Waals surface area (Å²) in [6.07, 6.45) is 0. The topological polar surface area (TPSA) is 93.2 Å². The van der Waals surface area contributed by atoms with Crippen molar-refractivity contribution < 1.29 is 26.3 Å². The molecule has 0 N–H and O–H groups in total. The summed E-state index contributed by atoms with van der Waals surface area (Å²) in [5, 5.41) is 0. The normalized spacial score (nSPS) is 16.3. The molecule has 1 saturated heterocycles. The van der Waals surface area contributed by atoms with Crippen molar-refractivity contribution in [1.29, 1.82) is 0 Å². The van der Waals surface area contributed by atoms with Gasteiger partial charge in [0.05, 0.1) is 29.8 Å². The highest BCUT2D eigenvalue weighted by Crippen LogP contribution is 2.21. The van der Waals surface area contributed by atoms with E-state index in [2.05, 4.69) is 0 Å². The van der Waals surface area contributed by atoms with Crippen molar-refractivity contribution in [2.24, 2.45) is 0 Å². The zero-order valence-corrected chi connectivity index (χ0v) is 18.7. The van der Waals surface area contributed by atoms with Gasteiger partial charge >= 0.3 is 0 Å². The van der Waals surface area contributed by atoms with Crippen LogP contribution in [0.2, 0.25) is 0 Å². The number of sulfonamides is 1. The fourth-order valence-electron chi connectivity index (χ4n) is 3.25. The lowest BCUT2D eigenvalue weighted by Crippen LogP contribution is -2.49. The van der Waals surface area contributed by atoms with Crippen LogP contribution in [0.3, 0.4) is 0 Å². The number of rotatable bonds is 8. The number of sulfone groups is 1. The minimum Gasteiger partial charge on any atom is -0.497 e. The zero-order valence-electron chi connectivity index (χ0n) is 17.0. The van der Waals surface area contributed by atoms with Crippen molar-refractivity contribution in [2.75, 3.05) is 52.7 Å². The first-order valence-corrected chi connectivity index (χ1v) is 12.6. The average Bonchev–Trinajstić information content (AvgIpc) is 2.78. The molecule has 0 aliphatic carbocycles. The molecule has 10 heteroatoms. The van der Waals surface area contributed by atoms with E-state index in [0.717, 1.165) is 0 Å². The number of hydrogen-bond donors (Lipinski definition) is 0. The Morgan fingerprint density at radius 2 is 1.43 bits per heavy atom. The largest absolute Gasteiger partial charge is 0.497 e. The van der Waals surface area contributed by atoms with Crippen molar-refractivity contribution >= 4 is 19.9 Å². The summed E-state index contributed by atoms with van der Waals surface area (Å²) in [7, 11) is -4.02. The number of hydrogen-bond acceptors (Lipinski definition) is 7. The molecule has 0 spiro atoms. The highest BCUT2D eigenvalue weighted by molar-refractivity contribution is 7.91. The van der Waals surface area contributed by atoms with Crippen LogP contribution in [-0.2, 0) is 19.9 Å². The molecule has 1 aliphatic heterocycles. The minimum atomic E-state index is -3.59. The van der Waals surface area contributed by atoms with E-state index in [9.17, 15) is 16.8 Å². The third-order valence-corrected chi connectivity index (χ3v) is 8.71. The lowest BCUT2D eigenvalue weighted by atomic mass is 10.3. The van der Waals surface area contributed by atoms with Crippen LogP contribution in [0.5, 0.6) is 11.5 Å². The van der Waals surface area contributed by atoms with Crippen molar-refractivity contribution in [2.45, 2.75) is 9.79 Å². The molecule has 0 amide bonds. The predicted octanol–water partition coefficient (Wildman–Crippen LogP) is 1.48. The highest BCUT2D eigenvalue weighted by Gasteiger charge is 2.29. The smallest absolute Gasteiger partial charge is 0.243 e. The van der Waals surface area contributed by atoms with Gasteiger partial charge in [-0.15, -0.1) is 0 Å². The first kappa shape index (κ1) is 22.5. The zero-order chi connectivity index (χ0) is 21.8. The Labute approximate surface area is 178 Å². The molecule has 0 atom stereocenters. The van der Waals surface area contributed by atoms with Gasteiger partial charge in [0.25, 0.3) is 0 Å². The number of methoxy groups -OCH3 is 2. The minimum absolute atomic E-state index is 0.0363. The molecule has 0 radical (unpaired) electrons. The van der Waals surface area contributed by atoms with Crippen LogP contribution in [0.4, 0.5) is 0 Å². The second kappa shape index (κ2) is 9.34. The molecule has 1 aliphatic rings. The third kappa shape index (κ3) is 5.12. The predicted molar refractivity (Wildman–Crippen MR) is 113 cm³/mol. The lowest BCUT2D eigenvalue weighted by molar-refractivity contribution is 0.197. The molecule has 1 heterocycles. The first-order chi connectivity index (χ1) is 14.3. The third-order valence-electron chi connectivity index (χ3n) is 5.11. The molecule has 8 nitrogen and oxygen atoms in total. The summed E-state index contributed by atoms with van der Waals surface area (Å²) in [5.41, 5.74) is 0. The lowest BCUT2D eigenvalue weighted by Gasteiger charge is -2.33. The molecule has 164 valence electrons. The van der Waals surface area contributed by atoms with Crippen LogP contribution in [0.1, 0.15) is 0 Å². The van der Waals surface area contributed by atoms with Crippen LogP contribution in [0.25, 0.3) is 0 Å².